The Bertz CT molecular complexity index is 496. The molecular weight excluding hydrogens is 220 g/mol. The summed E-state index contributed by atoms with van der Waals surface area (Å²) in [7, 11) is 0. The topological polar surface area (TPSA) is 45.1 Å². The molecule has 0 radical (unpaired) electrons. The van der Waals surface area contributed by atoms with Crippen LogP contribution in [0.15, 0.2) is 23.7 Å². The van der Waals surface area contributed by atoms with Crippen LogP contribution in [0.2, 0.25) is 0 Å². The summed E-state index contributed by atoms with van der Waals surface area (Å²) in [5.74, 6) is 0. The van der Waals surface area contributed by atoms with Crippen molar-refractivity contribution in [3.63, 3.8) is 0 Å². The van der Waals surface area contributed by atoms with Crippen LogP contribution in [0.4, 0.5) is 5.69 Å². The van der Waals surface area contributed by atoms with E-state index in [0.29, 0.717) is 0 Å². The molecule has 3 nitrogen and oxygen atoms in total. The third-order valence-electron chi connectivity index (χ3n) is 3.16. The van der Waals surface area contributed by atoms with Crippen LogP contribution in [0, 0.1) is 0 Å². The maximum atomic E-state index is 9.75. The number of fused-ring (bicyclic) bond motifs is 1. The molecule has 1 aromatic heterocycles. The van der Waals surface area contributed by atoms with Crippen molar-refractivity contribution in [2.24, 2.45) is 0 Å². The lowest BCUT2D eigenvalue weighted by Gasteiger charge is -2.17. The predicted octanol–water partition coefficient (Wildman–Crippen LogP) is 2.62. The fourth-order valence-electron chi connectivity index (χ4n) is 2.27. The Kier molecular flexibility index (Phi) is 2.53. The average Bonchev–Trinajstić information content (AvgIpc) is 2.88. The van der Waals surface area contributed by atoms with Gasteiger partial charge in [-0.05, 0) is 37.5 Å². The molecule has 1 aliphatic rings. The fraction of sp³-hybridized carbons (Fsp3) is 0.417. The smallest absolute Gasteiger partial charge is 0.0813 e. The number of nitrogens with one attached hydrogen (secondary N) is 1. The number of rotatable bonds is 2. The van der Waals surface area contributed by atoms with Gasteiger partial charge in [-0.1, -0.05) is 0 Å². The molecule has 3 rings (SSSR count). The van der Waals surface area contributed by atoms with Crippen molar-refractivity contribution < 1.29 is 5.11 Å². The van der Waals surface area contributed by atoms with Crippen LogP contribution in [-0.4, -0.2) is 22.2 Å². The number of thiazole rings is 1. The van der Waals surface area contributed by atoms with Gasteiger partial charge in [0.05, 0.1) is 27.9 Å². The Labute approximate surface area is 98.1 Å². The van der Waals surface area contributed by atoms with Gasteiger partial charge in [-0.3, -0.25) is 0 Å². The fourth-order valence-corrected chi connectivity index (χ4v) is 2.98. The van der Waals surface area contributed by atoms with E-state index < -0.39 is 0 Å². The normalized spacial score (nSPS) is 25.1. The number of nitrogens with zero attached hydrogens (tertiary/aromatic N) is 1. The Morgan fingerprint density at radius 2 is 2.31 bits per heavy atom. The molecule has 1 fully saturated rings. The van der Waals surface area contributed by atoms with Crippen LogP contribution in [0.5, 0.6) is 0 Å². The van der Waals surface area contributed by atoms with Crippen molar-refractivity contribution in [3.8, 4) is 0 Å². The van der Waals surface area contributed by atoms with Crippen molar-refractivity contribution in [1.29, 1.82) is 0 Å². The Morgan fingerprint density at radius 3 is 3.12 bits per heavy atom. The second kappa shape index (κ2) is 4.03. The molecule has 1 aliphatic carbocycles. The lowest BCUT2D eigenvalue weighted by atomic mass is 10.2. The van der Waals surface area contributed by atoms with Crippen molar-refractivity contribution in [2.45, 2.75) is 31.4 Å². The van der Waals surface area contributed by atoms with Crippen molar-refractivity contribution in [2.75, 3.05) is 5.32 Å². The van der Waals surface area contributed by atoms with Gasteiger partial charge in [-0.15, -0.1) is 11.3 Å². The highest BCUT2D eigenvalue weighted by Gasteiger charge is 2.24. The van der Waals surface area contributed by atoms with E-state index in [9.17, 15) is 5.11 Å². The maximum Gasteiger partial charge on any atom is 0.0813 e. The molecule has 2 atom stereocenters. The van der Waals surface area contributed by atoms with Crippen molar-refractivity contribution >= 4 is 27.2 Å². The van der Waals surface area contributed by atoms with E-state index in [1.807, 2.05) is 17.6 Å². The van der Waals surface area contributed by atoms with Gasteiger partial charge in [0.2, 0.25) is 0 Å². The van der Waals surface area contributed by atoms with Crippen molar-refractivity contribution in [1.82, 2.24) is 4.98 Å². The Morgan fingerprint density at radius 1 is 1.38 bits per heavy atom. The van der Waals surface area contributed by atoms with Gasteiger partial charge in [0.15, 0.2) is 0 Å². The first-order valence-corrected chi connectivity index (χ1v) is 6.49. The summed E-state index contributed by atoms with van der Waals surface area (Å²) in [6.45, 7) is 0. The van der Waals surface area contributed by atoms with Crippen LogP contribution in [0.3, 0.4) is 0 Å². The highest BCUT2D eigenvalue weighted by molar-refractivity contribution is 7.16. The van der Waals surface area contributed by atoms with Gasteiger partial charge in [0, 0.05) is 5.69 Å². The molecular formula is C12H14N2OS. The first kappa shape index (κ1) is 10.1. The van der Waals surface area contributed by atoms with Gasteiger partial charge in [0.25, 0.3) is 0 Å². The van der Waals surface area contributed by atoms with E-state index in [1.165, 1.54) is 4.70 Å². The molecule has 0 aliphatic heterocycles. The van der Waals surface area contributed by atoms with Gasteiger partial charge >= 0.3 is 0 Å². The largest absolute Gasteiger partial charge is 0.391 e. The molecule has 2 aromatic rings. The lowest BCUT2D eigenvalue weighted by molar-refractivity contribution is 0.172. The Hall–Kier alpha value is -1.13. The minimum atomic E-state index is -0.197. The second-order valence-electron chi connectivity index (χ2n) is 4.28. The molecule has 1 saturated carbocycles. The Balaban J connectivity index is 1.83. The summed E-state index contributed by atoms with van der Waals surface area (Å²) in [4.78, 5) is 4.25. The highest BCUT2D eigenvalue weighted by Crippen LogP contribution is 2.26. The first-order chi connectivity index (χ1) is 7.83. The summed E-state index contributed by atoms with van der Waals surface area (Å²) in [5, 5.41) is 13.2. The predicted molar refractivity (Wildman–Crippen MR) is 66.9 cm³/mol. The van der Waals surface area contributed by atoms with Crippen molar-refractivity contribution in [3.05, 3.63) is 23.7 Å². The van der Waals surface area contributed by atoms with Crippen LogP contribution < -0.4 is 5.32 Å². The molecule has 84 valence electrons. The molecule has 0 saturated heterocycles. The molecule has 0 unspecified atom stereocenters. The standard InChI is InChI=1S/C12H14N2OS/c15-11-3-1-2-9(11)14-8-4-5-10-12(6-8)16-7-13-10/h4-7,9,11,14-15H,1-3H2/t9-,11-/m0/s1. The zero-order valence-electron chi connectivity index (χ0n) is 8.89. The van der Waals surface area contributed by atoms with Crippen LogP contribution >= 0.6 is 11.3 Å². The van der Waals surface area contributed by atoms with E-state index in [-0.39, 0.29) is 12.1 Å². The molecule has 0 bridgehead atoms. The van der Waals surface area contributed by atoms with E-state index >= 15 is 0 Å². The first-order valence-electron chi connectivity index (χ1n) is 5.61. The van der Waals surface area contributed by atoms with Gasteiger partial charge in [-0.2, -0.15) is 0 Å². The van der Waals surface area contributed by atoms with E-state index in [4.69, 9.17) is 0 Å². The second-order valence-corrected chi connectivity index (χ2v) is 5.17. The summed E-state index contributed by atoms with van der Waals surface area (Å²) in [6.07, 6.45) is 2.89. The molecule has 2 N–H and O–H groups in total. The molecule has 0 spiro atoms. The van der Waals surface area contributed by atoms with Gasteiger partial charge < -0.3 is 10.4 Å². The zero-order valence-corrected chi connectivity index (χ0v) is 9.70. The quantitative estimate of drug-likeness (QED) is 0.839. The van der Waals surface area contributed by atoms with E-state index in [0.717, 1.165) is 30.5 Å². The van der Waals surface area contributed by atoms with Gasteiger partial charge in [-0.25, -0.2) is 4.98 Å². The lowest BCUT2D eigenvalue weighted by Crippen LogP contribution is -2.27. The number of hydrogen-bond acceptors (Lipinski definition) is 4. The number of aliphatic hydroxyl groups excluding tert-OH is 1. The van der Waals surface area contributed by atoms with Crippen LogP contribution in [0.25, 0.3) is 10.2 Å². The summed E-state index contributed by atoms with van der Waals surface area (Å²) in [6, 6.07) is 6.38. The monoisotopic (exact) mass is 234 g/mol. The SMILES string of the molecule is O[C@H]1CCC[C@@H]1Nc1ccc2ncsc2c1. The molecule has 0 amide bonds. The van der Waals surface area contributed by atoms with E-state index in [1.54, 1.807) is 11.3 Å². The number of benzene rings is 1. The highest BCUT2D eigenvalue weighted by atomic mass is 32.1. The van der Waals surface area contributed by atoms with Crippen LogP contribution in [-0.2, 0) is 0 Å². The summed E-state index contributed by atoms with van der Waals surface area (Å²) >= 11 is 1.65. The molecule has 4 heteroatoms. The molecule has 1 heterocycles. The molecule has 1 aromatic carbocycles. The minimum Gasteiger partial charge on any atom is -0.391 e. The summed E-state index contributed by atoms with van der Waals surface area (Å²) in [5.41, 5.74) is 3.99. The number of hydrogen-bond donors (Lipinski definition) is 2. The zero-order chi connectivity index (χ0) is 11.0. The third kappa shape index (κ3) is 1.79. The average molecular weight is 234 g/mol. The van der Waals surface area contributed by atoms with E-state index in [2.05, 4.69) is 16.4 Å². The summed E-state index contributed by atoms with van der Waals surface area (Å²) < 4.78 is 1.19. The number of aliphatic hydroxyl groups is 1. The molecule has 16 heavy (non-hydrogen) atoms. The van der Waals surface area contributed by atoms with Crippen LogP contribution in [0.1, 0.15) is 19.3 Å². The third-order valence-corrected chi connectivity index (χ3v) is 3.95. The van der Waals surface area contributed by atoms with Gasteiger partial charge in [0.1, 0.15) is 0 Å². The minimum absolute atomic E-state index is 0.197. The number of anilines is 1. The number of aromatic nitrogens is 1. The maximum absolute atomic E-state index is 9.75.